The Morgan fingerprint density at radius 3 is 2.71 bits per heavy atom. The number of rotatable bonds is 3. The van der Waals surface area contributed by atoms with Crippen LogP contribution in [0.25, 0.3) is 10.9 Å². The zero-order chi connectivity index (χ0) is 12.5. The molecule has 0 saturated carbocycles. The molecule has 1 aromatic carbocycles. The Labute approximate surface area is 106 Å². The van der Waals surface area contributed by atoms with Gasteiger partial charge < -0.3 is 10.5 Å². The summed E-state index contributed by atoms with van der Waals surface area (Å²) in [5, 5.41) is 1.03. The van der Waals surface area contributed by atoms with Crippen LogP contribution in [0.5, 0.6) is 5.75 Å². The lowest BCUT2D eigenvalue weighted by atomic mass is 10.1. The van der Waals surface area contributed by atoms with Crippen LogP contribution in [0.2, 0.25) is 0 Å². The molecule has 0 spiro atoms. The third-order valence-electron chi connectivity index (χ3n) is 2.55. The van der Waals surface area contributed by atoms with Crippen molar-refractivity contribution in [1.29, 1.82) is 0 Å². The summed E-state index contributed by atoms with van der Waals surface area (Å²) >= 11 is 4.99. The molecule has 2 aromatic rings. The standard InChI is InChI=1S/C13H14N2OS/c1-13(2,12(14)17)16-10-7-3-5-9-6-4-8-15-11(9)10/h3-8H,1-2H3,(H2,14,17). The molecule has 0 radical (unpaired) electrons. The van der Waals surface area contributed by atoms with E-state index in [0.29, 0.717) is 10.7 Å². The maximum atomic E-state index is 5.85. The van der Waals surface area contributed by atoms with Crippen molar-refractivity contribution in [3.8, 4) is 5.75 Å². The number of nitrogens with zero attached hydrogens (tertiary/aromatic N) is 1. The van der Waals surface area contributed by atoms with E-state index in [1.165, 1.54) is 0 Å². The SMILES string of the molecule is CC(C)(Oc1cccc2cccnc12)C(N)=S. The number of para-hydroxylation sites is 1. The zero-order valence-electron chi connectivity index (χ0n) is 9.81. The Hall–Kier alpha value is -1.68. The number of pyridine rings is 1. The van der Waals surface area contributed by atoms with Gasteiger partial charge in [0.15, 0.2) is 5.60 Å². The quantitative estimate of drug-likeness (QED) is 0.846. The van der Waals surface area contributed by atoms with E-state index in [-0.39, 0.29) is 0 Å². The highest BCUT2D eigenvalue weighted by Crippen LogP contribution is 2.26. The normalized spacial score (nSPS) is 11.4. The molecular weight excluding hydrogens is 232 g/mol. The van der Waals surface area contributed by atoms with Crippen LogP contribution < -0.4 is 10.5 Å². The summed E-state index contributed by atoms with van der Waals surface area (Å²) in [6, 6.07) is 9.67. The first-order chi connectivity index (χ1) is 8.00. The number of hydrogen-bond donors (Lipinski definition) is 1. The predicted octanol–water partition coefficient (Wildman–Crippen LogP) is 2.68. The molecule has 0 amide bonds. The third-order valence-corrected chi connectivity index (χ3v) is 3.05. The Morgan fingerprint density at radius 1 is 1.29 bits per heavy atom. The van der Waals surface area contributed by atoms with Gasteiger partial charge in [0.2, 0.25) is 0 Å². The van der Waals surface area contributed by atoms with Crippen LogP contribution >= 0.6 is 12.2 Å². The fraction of sp³-hybridized carbons (Fsp3) is 0.231. The number of fused-ring (bicyclic) bond motifs is 1. The Balaban J connectivity index is 2.46. The van der Waals surface area contributed by atoms with Crippen molar-refractivity contribution in [1.82, 2.24) is 4.98 Å². The molecule has 1 heterocycles. The first-order valence-corrected chi connectivity index (χ1v) is 5.74. The smallest absolute Gasteiger partial charge is 0.153 e. The van der Waals surface area contributed by atoms with E-state index < -0.39 is 5.60 Å². The van der Waals surface area contributed by atoms with E-state index in [1.54, 1.807) is 6.20 Å². The number of nitrogens with two attached hydrogens (primary N) is 1. The molecule has 0 bridgehead atoms. The highest BCUT2D eigenvalue weighted by atomic mass is 32.1. The number of hydrogen-bond acceptors (Lipinski definition) is 3. The molecule has 3 nitrogen and oxygen atoms in total. The van der Waals surface area contributed by atoms with Crippen LogP contribution in [0, 0.1) is 0 Å². The highest BCUT2D eigenvalue weighted by Gasteiger charge is 2.24. The summed E-state index contributed by atoms with van der Waals surface area (Å²) in [5.74, 6) is 0.695. The van der Waals surface area contributed by atoms with Gasteiger partial charge in [-0.05, 0) is 26.0 Å². The van der Waals surface area contributed by atoms with E-state index in [2.05, 4.69) is 4.98 Å². The van der Waals surface area contributed by atoms with Crippen molar-refractivity contribution in [2.75, 3.05) is 0 Å². The first-order valence-electron chi connectivity index (χ1n) is 5.33. The summed E-state index contributed by atoms with van der Waals surface area (Å²) in [7, 11) is 0. The number of aromatic nitrogens is 1. The average Bonchev–Trinajstić information content (AvgIpc) is 2.29. The molecule has 1 aromatic heterocycles. The molecule has 0 aliphatic carbocycles. The van der Waals surface area contributed by atoms with Gasteiger partial charge in [0.25, 0.3) is 0 Å². The second kappa shape index (κ2) is 4.30. The molecule has 4 heteroatoms. The summed E-state index contributed by atoms with van der Waals surface area (Å²) in [6.07, 6.45) is 1.74. The molecule has 0 fully saturated rings. The van der Waals surface area contributed by atoms with E-state index in [4.69, 9.17) is 22.7 Å². The van der Waals surface area contributed by atoms with Gasteiger partial charge in [-0.15, -0.1) is 0 Å². The molecular formula is C13H14N2OS. The molecule has 0 unspecified atom stereocenters. The topological polar surface area (TPSA) is 48.1 Å². The van der Waals surface area contributed by atoms with Crippen LogP contribution in [-0.4, -0.2) is 15.6 Å². The van der Waals surface area contributed by atoms with E-state index in [9.17, 15) is 0 Å². The Kier molecular flexibility index (Phi) is 2.98. The lowest BCUT2D eigenvalue weighted by molar-refractivity contribution is 0.186. The van der Waals surface area contributed by atoms with Crippen LogP contribution in [0.1, 0.15) is 13.8 Å². The zero-order valence-corrected chi connectivity index (χ0v) is 10.6. The summed E-state index contributed by atoms with van der Waals surface area (Å²) < 4.78 is 5.85. The van der Waals surface area contributed by atoms with Crippen molar-refractivity contribution in [3.05, 3.63) is 36.5 Å². The van der Waals surface area contributed by atoms with Crippen molar-refractivity contribution in [3.63, 3.8) is 0 Å². The van der Waals surface area contributed by atoms with Gasteiger partial charge in [-0.25, -0.2) is 0 Å². The van der Waals surface area contributed by atoms with E-state index in [0.717, 1.165) is 10.9 Å². The monoisotopic (exact) mass is 246 g/mol. The van der Waals surface area contributed by atoms with Crippen molar-refractivity contribution >= 4 is 28.1 Å². The van der Waals surface area contributed by atoms with Gasteiger partial charge in [0.1, 0.15) is 16.3 Å². The third kappa shape index (κ3) is 2.36. The van der Waals surface area contributed by atoms with Crippen LogP contribution in [-0.2, 0) is 0 Å². The summed E-state index contributed by atoms with van der Waals surface area (Å²) in [5.41, 5.74) is 5.79. The van der Waals surface area contributed by atoms with Gasteiger partial charge in [-0.2, -0.15) is 0 Å². The van der Waals surface area contributed by atoms with Gasteiger partial charge >= 0.3 is 0 Å². The summed E-state index contributed by atoms with van der Waals surface area (Å²) in [6.45, 7) is 3.69. The van der Waals surface area contributed by atoms with Crippen LogP contribution in [0.4, 0.5) is 0 Å². The number of ether oxygens (including phenoxy) is 1. The average molecular weight is 246 g/mol. The highest BCUT2D eigenvalue weighted by molar-refractivity contribution is 7.80. The van der Waals surface area contributed by atoms with Gasteiger partial charge in [0, 0.05) is 11.6 Å². The second-order valence-corrected chi connectivity index (χ2v) is 4.75. The lowest BCUT2D eigenvalue weighted by Crippen LogP contribution is -2.42. The Morgan fingerprint density at radius 2 is 2.00 bits per heavy atom. The van der Waals surface area contributed by atoms with Crippen LogP contribution in [0.3, 0.4) is 0 Å². The minimum atomic E-state index is -0.679. The minimum absolute atomic E-state index is 0.324. The summed E-state index contributed by atoms with van der Waals surface area (Å²) in [4.78, 5) is 4.64. The molecule has 0 saturated heterocycles. The van der Waals surface area contributed by atoms with Gasteiger partial charge in [-0.3, -0.25) is 4.98 Å². The van der Waals surface area contributed by atoms with E-state index in [1.807, 2.05) is 44.2 Å². The molecule has 17 heavy (non-hydrogen) atoms. The molecule has 0 aliphatic rings. The van der Waals surface area contributed by atoms with Crippen molar-refractivity contribution in [2.45, 2.75) is 19.4 Å². The minimum Gasteiger partial charge on any atom is -0.478 e. The first kappa shape index (κ1) is 11.8. The molecule has 88 valence electrons. The van der Waals surface area contributed by atoms with Crippen molar-refractivity contribution in [2.24, 2.45) is 5.73 Å². The Bertz CT molecular complexity index is 561. The predicted molar refractivity (Wildman–Crippen MR) is 73.2 cm³/mol. The number of thiocarbonyl (C=S) groups is 1. The molecule has 0 aliphatic heterocycles. The van der Waals surface area contributed by atoms with Gasteiger partial charge in [0.05, 0.1) is 0 Å². The largest absolute Gasteiger partial charge is 0.478 e. The molecule has 2 N–H and O–H groups in total. The van der Waals surface area contributed by atoms with Gasteiger partial charge in [-0.1, -0.05) is 30.4 Å². The maximum absolute atomic E-state index is 5.85. The lowest BCUT2D eigenvalue weighted by Gasteiger charge is -2.25. The maximum Gasteiger partial charge on any atom is 0.153 e. The number of benzene rings is 1. The fourth-order valence-electron chi connectivity index (χ4n) is 1.48. The molecule has 0 atom stereocenters. The second-order valence-electron chi connectivity index (χ2n) is 4.31. The van der Waals surface area contributed by atoms with Crippen molar-refractivity contribution < 1.29 is 4.74 Å². The fourth-order valence-corrected chi connectivity index (χ4v) is 1.53. The molecule has 2 rings (SSSR count). The van der Waals surface area contributed by atoms with E-state index >= 15 is 0 Å². The van der Waals surface area contributed by atoms with Crippen LogP contribution in [0.15, 0.2) is 36.5 Å².